The third-order valence-corrected chi connectivity index (χ3v) is 3.36. The van der Waals surface area contributed by atoms with Crippen molar-refractivity contribution in [1.82, 2.24) is 0 Å². The number of hydrogen-bond donors (Lipinski definition) is 0. The van der Waals surface area contributed by atoms with Gasteiger partial charge in [0.1, 0.15) is 11.5 Å². The van der Waals surface area contributed by atoms with Gasteiger partial charge in [-0.1, -0.05) is 30.7 Å². The Morgan fingerprint density at radius 1 is 1.15 bits per heavy atom. The van der Waals surface area contributed by atoms with Gasteiger partial charge in [-0.05, 0) is 49.2 Å². The molecule has 2 rings (SSSR count). The van der Waals surface area contributed by atoms with Crippen LogP contribution in [-0.2, 0) is 0 Å². The average Bonchev–Trinajstić information content (AvgIpc) is 2.42. The van der Waals surface area contributed by atoms with E-state index >= 15 is 0 Å². The molecule has 0 fully saturated rings. The van der Waals surface area contributed by atoms with E-state index in [1.54, 1.807) is 6.07 Å². The Labute approximate surface area is 124 Å². The van der Waals surface area contributed by atoms with Crippen LogP contribution in [0.5, 0.6) is 11.5 Å². The molecule has 0 N–H and O–H groups in total. The van der Waals surface area contributed by atoms with Crippen molar-refractivity contribution in [2.45, 2.75) is 27.2 Å². The van der Waals surface area contributed by atoms with Gasteiger partial charge in [-0.15, -0.1) is 0 Å². The lowest BCUT2D eigenvalue weighted by atomic mass is 10.1. The van der Waals surface area contributed by atoms with Crippen molar-refractivity contribution >= 4 is 17.4 Å². The second kappa shape index (κ2) is 6.10. The minimum absolute atomic E-state index is 0.0740. The summed E-state index contributed by atoms with van der Waals surface area (Å²) >= 11 is 6.02. The smallest absolute Gasteiger partial charge is 0.166 e. The average molecular weight is 289 g/mol. The molecule has 104 valence electrons. The number of ether oxygens (including phenoxy) is 1. The van der Waals surface area contributed by atoms with Gasteiger partial charge in [0.2, 0.25) is 0 Å². The Kier molecular flexibility index (Phi) is 4.46. The molecule has 0 bridgehead atoms. The summed E-state index contributed by atoms with van der Waals surface area (Å²) in [6.07, 6.45) is 0.457. The highest BCUT2D eigenvalue weighted by molar-refractivity contribution is 6.30. The number of benzene rings is 2. The molecule has 0 radical (unpaired) electrons. The summed E-state index contributed by atoms with van der Waals surface area (Å²) < 4.78 is 5.97. The van der Waals surface area contributed by atoms with Crippen LogP contribution in [0.4, 0.5) is 0 Å². The topological polar surface area (TPSA) is 26.3 Å². The lowest BCUT2D eigenvalue weighted by molar-refractivity contribution is 0.0986. The van der Waals surface area contributed by atoms with Crippen molar-refractivity contribution in [1.29, 1.82) is 0 Å². The quantitative estimate of drug-likeness (QED) is 0.710. The van der Waals surface area contributed by atoms with Crippen LogP contribution in [0, 0.1) is 13.8 Å². The van der Waals surface area contributed by atoms with Crippen LogP contribution in [0.15, 0.2) is 36.4 Å². The fraction of sp³-hybridized carbons (Fsp3) is 0.235. The number of aryl methyl sites for hydroxylation is 2. The number of ketones is 1. The van der Waals surface area contributed by atoms with Gasteiger partial charge in [0.05, 0.1) is 5.56 Å². The Bertz CT molecular complexity index is 624. The number of rotatable bonds is 4. The van der Waals surface area contributed by atoms with E-state index < -0.39 is 0 Å². The second-order valence-corrected chi connectivity index (χ2v) is 5.18. The number of hydrogen-bond acceptors (Lipinski definition) is 2. The van der Waals surface area contributed by atoms with Crippen LogP contribution in [0.3, 0.4) is 0 Å². The molecule has 3 heteroatoms. The molecule has 2 aromatic rings. The highest BCUT2D eigenvalue weighted by Crippen LogP contribution is 2.33. The molecule has 20 heavy (non-hydrogen) atoms. The number of halogens is 1. The molecule has 0 atom stereocenters. The predicted octanol–water partition coefficient (Wildman–Crippen LogP) is 5.34. The molecule has 0 aliphatic rings. The van der Waals surface area contributed by atoms with Crippen molar-refractivity contribution in [3.63, 3.8) is 0 Å². The van der Waals surface area contributed by atoms with Crippen LogP contribution in [0.1, 0.15) is 34.8 Å². The summed E-state index contributed by atoms with van der Waals surface area (Å²) in [5, 5.41) is 0.685. The van der Waals surface area contributed by atoms with Gasteiger partial charge in [0.15, 0.2) is 5.78 Å². The summed E-state index contributed by atoms with van der Waals surface area (Å²) in [7, 11) is 0. The van der Waals surface area contributed by atoms with Crippen molar-refractivity contribution in [2.75, 3.05) is 0 Å². The monoisotopic (exact) mass is 288 g/mol. The number of carbonyl (C=O) groups is 1. The third-order valence-electron chi connectivity index (χ3n) is 3.15. The number of Topliss-reactive ketones (excluding diaryl/α,β-unsaturated/α-hetero) is 1. The van der Waals surface area contributed by atoms with Crippen LogP contribution < -0.4 is 4.74 Å². The molecule has 0 aliphatic heterocycles. The summed E-state index contributed by atoms with van der Waals surface area (Å²) in [5.74, 6) is 1.42. The SMILES string of the molecule is CCC(=O)c1ccccc1Oc1c(C)cc(Cl)cc1C. The van der Waals surface area contributed by atoms with Gasteiger partial charge in [-0.2, -0.15) is 0 Å². The van der Waals surface area contributed by atoms with Crippen molar-refractivity contribution < 1.29 is 9.53 Å². The zero-order chi connectivity index (χ0) is 14.7. The molecule has 0 saturated carbocycles. The van der Waals surface area contributed by atoms with Gasteiger partial charge in [0.25, 0.3) is 0 Å². The molecule has 0 unspecified atom stereocenters. The largest absolute Gasteiger partial charge is 0.456 e. The first-order valence-corrected chi connectivity index (χ1v) is 6.97. The van der Waals surface area contributed by atoms with Gasteiger partial charge in [0, 0.05) is 11.4 Å². The van der Waals surface area contributed by atoms with E-state index in [1.165, 1.54) is 0 Å². The lowest BCUT2D eigenvalue weighted by Crippen LogP contribution is -2.01. The summed E-state index contributed by atoms with van der Waals surface area (Å²) in [4.78, 5) is 11.9. The Balaban J connectivity index is 2.43. The van der Waals surface area contributed by atoms with E-state index in [0.717, 1.165) is 16.9 Å². The maximum Gasteiger partial charge on any atom is 0.166 e. The summed E-state index contributed by atoms with van der Waals surface area (Å²) in [6.45, 7) is 5.73. The maximum atomic E-state index is 11.9. The molecule has 0 saturated heterocycles. The molecule has 0 aliphatic carbocycles. The van der Waals surface area contributed by atoms with E-state index in [-0.39, 0.29) is 5.78 Å². The van der Waals surface area contributed by atoms with E-state index in [1.807, 2.05) is 51.1 Å². The van der Waals surface area contributed by atoms with Crippen LogP contribution in [0.2, 0.25) is 5.02 Å². The Hall–Kier alpha value is -1.80. The van der Waals surface area contributed by atoms with Gasteiger partial charge < -0.3 is 4.74 Å². The summed E-state index contributed by atoms with van der Waals surface area (Å²) in [5.41, 5.74) is 2.52. The Morgan fingerprint density at radius 2 is 1.75 bits per heavy atom. The van der Waals surface area contributed by atoms with Crippen molar-refractivity contribution in [2.24, 2.45) is 0 Å². The van der Waals surface area contributed by atoms with Gasteiger partial charge >= 0.3 is 0 Å². The normalized spacial score (nSPS) is 10.4. The fourth-order valence-corrected chi connectivity index (χ4v) is 2.47. The van der Waals surface area contributed by atoms with E-state index in [0.29, 0.717) is 22.8 Å². The molecule has 2 aromatic carbocycles. The third kappa shape index (κ3) is 3.02. The molecule has 0 aromatic heterocycles. The highest BCUT2D eigenvalue weighted by atomic mass is 35.5. The van der Waals surface area contributed by atoms with Crippen LogP contribution in [0.25, 0.3) is 0 Å². The highest BCUT2D eigenvalue weighted by Gasteiger charge is 2.13. The number of para-hydroxylation sites is 1. The minimum Gasteiger partial charge on any atom is -0.456 e. The minimum atomic E-state index is 0.0740. The van der Waals surface area contributed by atoms with Crippen molar-refractivity contribution in [3.05, 3.63) is 58.1 Å². The molecule has 0 heterocycles. The zero-order valence-electron chi connectivity index (χ0n) is 11.9. The zero-order valence-corrected chi connectivity index (χ0v) is 12.6. The molecule has 2 nitrogen and oxygen atoms in total. The summed E-state index contributed by atoms with van der Waals surface area (Å²) in [6, 6.07) is 11.0. The first kappa shape index (κ1) is 14.6. The second-order valence-electron chi connectivity index (χ2n) is 4.74. The van der Waals surface area contributed by atoms with Gasteiger partial charge in [-0.25, -0.2) is 0 Å². The van der Waals surface area contributed by atoms with Crippen LogP contribution >= 0.6 is 11.6 Å². The van der Waals surface area contributed by atoms with Crippen LogP contribution in [-0.4, -0.2) is 5.78 Å². The fourth-order valence-electron chi connectivity index (χ4n) is 2.14. The van der Waals surface area contributed by atoms with Crippen molar-refractivity contribution in [3.8, 4) is 11.5 Å². The number of carbonyl (C=O) groups excluding carboxylic acids is 1. The maximum absolute atomic E-state index is 11.9. The standard InChI is InChI=1S/C17H17ClO2/c1-4-15(19)14-7-5-6-8-16(14)20-17-11(2)9-13(18)10-12(17)3/h5-10H,4H2,1-3H3. The van der Waals surface area contributed by atoms with E-state index in [2.05, 4.69) is 0 Å². The first-order chi connectivity index (χ1) is 9.52. The molecular weight excluding hydrogens is 272 g/mol. The Morgan fingerprint density at radius 3 is 2.35 bits per heavy atom. The molecular formula is C17H17ClO2. The first-order valence-electron chi connectivity index (χ1n) is 6.59. The van der Waals surface area contributed by atoms with E-state index in [9.17, 15) is 4.79 Å². The predicted molar refractivity (Wildman–Crippen MR) is 82.1 cm³/mol. The molecule has 0 spiro atoms. The van der Waals surface area contributed by atoms with E-state index in [4.69, 9.17) is 16.3 Å². The lowest BCUT2D eigenvalue weighted by Gasteiger charge is -2.14. The molecule has 0 amide bonds. The van der Waals surface area contributed by atoms with Gasteiger partial charge in [-0.3, -0.25) is 4.79 Å².